The van der Waals surface area contributed by atoms with Gasteiger partial charge in [0.2, 0.25) is 5.96 Å². The molecule has 0 aliphatic carbocycles. The van der Waals surface area contributed by atoms with E-state index in [0.717, 1.165) is 22.4 Å². The van der Waals surface area contributed by atoms with Gasteiger partial charge in [-0.15, -0.1) is 4.40 Å². The molecule has 1 aromatic carbocycles. The summed E-state index contributed by atoms with van der Waals surface area (Å²) >= 11 is 0. The van der Waals surface area contributed by atoms with Gasteiger partial charge in [0.1, 0.15) is 17.8 Å². The number of nitrogens with one attached hydrogen (secondary N) is 3. The molecule has 1 amide bonds. The first kappa shape index (κ1) is 25.4. The first-order chi connectivity index (χ1) is 17.2. The van der Waals surface area contributed by atoms with Crippen molar-refractivity contribution >= 4 is 44.4 Å². The molecule has 192 valence electrons. The lowest BCUT2D eigenvalue weighted by Crippen LogP contribution is -2.56. The molecule has 0 saturated carbocycles. The Morgan fingerprint density at radius 1 is 1.25 bits per heavy atom. The molecule has 0 spiro atoms. The monoisotopic (exact) mass is 512 g/mol. The molecule has 3 aromatic rings. The maximum absolute atomic E-state index is 12.5. The second-order valence-corrected chi connectivity index (χ2v) is 10.7. The lowest BCUT2D eigenvalue weighted by Gasteiger charge is -2.42. The van der Waals surface area contributed by atoms with E-state index in [-0.39, 0.29) is 23.7 Å². The second kappa shape index (κ2) is 10.5. The molecule has 3 N–H and O–H groups in total. The summed E-state index contributed by atoms with van der Waals surface area (Å²) in [5.74, 6) is 0.784. The minimum atomic E-state index is -3.67. The van der Waals surface area contributed by atoms with Crippen molar-refractivity contribution in [3.05, 3.63) is 47.9 Å². The number of sulfonamides is 1. The fourth-order valence-electron chi connectivity index (χ4n) is 4.28. The van der Waals surface area contributed by atoms with E-state index in [1.54, 1.807) is 37.5 Å². The molecular formula is C24H32N8O3S. The van der Waals surface area contributed by atoms with E-state index in [9.17, 15) is 13.2 Å². The van der Waals surface area contributed by atoms with Crippen LogP contribution in [0.4, 0.5) is 11.5 Å². The number of guanidine groups is 1. The third kappa shape index (κ3) is 5.43. The zero-order valence-electron chi connectivity index (χ0n) is 20.9. The fourth-order valence-corrected chi connectivity index (χ4v) is 4.82. The fraction of sp³-hybridized carbons (Fsp3) is 0.417. The molecule has 0 bridgehead atoms. The minimum Gasteiger partial charge on any atom is -0.352 e. The molecule has 0 radical (unpaired) electrons. The third-order valence-corrected chi connectivity index (χ3v) is 7.34. The van der Waals surface area contributed by atoms with Gasteiger partial charge < -0.3 is 25.4 Å². The SMILES string of the molecule is CCNC(=O)c1cccc(NC(=NS(=O)(=O)CC)N2CCN(c3ncnc4[nH]cc(C)c34)C[C@@H]2C)c1. The number of nitrogens with zero attached hydrogens (tertiary/aromatic N) is 5. The van der Waals surface area contributed by atoms with Gasteiger partial charge in [-0.25, -0.2) is 18.4 Å². The van der Waals surface area contributed by atoms with Crippen LogP contribution in [-0.2, 0) is 10.0 Å². The van der Waals surface area contributed by atoms with Crippen molar-refractivity contribution in [3.63, 3.8) is 0 Å². The number of carbonyl (C=O) groups excluding carboxylic acids is 1. The summed E-state index contributed by atoms with van der Waals surface area (Å²) in [4.78, 5) is 28.5. The molecule has 3 heterocycles. The topological polar surface area (TPSA) is 136 Å². The van der Waals surface area contributed by atoms with E-state index in [1.807, 2.05) is 31.9 Å². The Bertz CT molecular complexity index is 1390. The van der Waals surface area contributed by atoms with Gasteiger partial charge in [-0.1, -0.05) is 6.07 Å². The zero-order valence-corrected chi connectivity index (χ0v) is 21.8. The van der Waals surface area contributed by atoms with E-state index >= 15 is 0 Å². The average Bonchev–Trinajstić information content (AvgIpc) is 3.25. The Labute approximate surface area is 211 Å². The van der Waals surface area contributed by atoms with Crippen LogP contribution in [0.1, 0.15) is 36.7 Å². The number of fused-ring (bicyclic) bond motifs is 1. The van der Waals surface area contributed by atoms with Crippen LogP contribution >= 0.6 is 0 Å². The number of piperazine rings is 1. The van der Waals surface area contributed by atoms with Gasteiger partial charge in [-0.3, -0.25) is 4.79 Å². The normalized spacial score (nSPS) is 16.9. The molecule has 2 aromatic heterocycles. The molecule has 1 atom stereocenters. The standard InChI is InChI=1S/C24H32N8O3S/c1-5-25-23(33)18-8-7-9-19(12-18)29-24(30-36(34,35)6-2)32-11-10-31(14-17(32)4)22-20-16(3)13-26-21(20)27-15-28-22/h7-9,12-13,15,17H,5-6,10-11,14H2,1-4H3,(H,25,33)(H,29,30)(H,26,27,28)/t17-/m0/s1. The maximum atomic E-state index is 12.5. The summed E-state index contributed by atoms with van der Waals surface area (Å²) in [6.07, 6.45) is 3.47. The summed E-state index contributed by atoms with van der Waals surface area (Å²) in [6.45, 7) is 9.73. The van der Waals surface area contributed by atoms with Crippen molar-refractivity contribution in [1.29, 1.82) is 0 Å². The molecule has 1 aliphatic heterocycles. The van der Waals surface area contributed by atoms with Crippen molar-refractivity contribution in [2.75, 3.05) is 42.1 Å². The largest absolute Gasteiger partial charge is 0.352 e. The summed E-state index contributed by atoms with van der Waals surface area (Å²) in [5.41, 5.74) is 2.92. The predicted octanol–water partition coefficient (Wildman–Crippen LogP) is 2.34. The molecule has 1 saturated heterocycles. The average molecular weight is 513 g/mol. The van der Waals surface area contributed by atoms with Crippen LogP contribution in [0.2, 0.25) is 0 Å². The first-order valence-electron chi connectivity index (χ1n) is 12.0. The molecule has 1 aliphatic rings. The summed E-state index contributed by atoms with van der Waals surface area (Å²) in [6, 6.07) is 6.85. The van der Waals surface area contributed by atoms with Crippen LogP contribution in [0.15, 0.2) is 41.2 Å². The number of carbonyl (C=O) groups is 1. The van der Waals surface area contributed by atoms with Crippen LogP contribution in [-0.4, -0.2) is 78.1 Å². The number of aromatic amines is 1. The van der Waals surface area contributed by atoms with Crippen molar-refractivity contribution in [3.8, 4) is 0 Å². The van der Waals surface area contributed by atoms with Gasteiger partial charge in [0.25, 0.3) is 15.9 Å². The molecular weight excluding hydrogens is 480 g/mol. The number of hydrogen-bond acceptors (Lipinski definition) is 6. The van der Waals surface area contributed by atoms with Crippen molar-refractivity contribution in [2.24, 2.45) is 4.40 Å². The van der Waals surface area contributed by atoms with E-state index in [1.165, 1.54) is 0 Å². The minimum absolute atomic E-state index is 0.0760. The highest BCUT2D eigenvalue weighted by Crippen LogP contribution is 2.28. The maximum Gasteiger partial charge on any atom is 0.256 e. The highest BCUT2D eigenvalue weighted by molar-refractivity contribution is 7.90. The van der Waals surface area contributed by atoms with Gasteiger partial charge in [0.05, 0.1) is 11.1 Å². The van der Waals surface area contributed by atoms with Crippen LogP contribution in [0.3, 0.4) is 0 Å². The van der Waals surface area contributed by atoms with Gasteiger partial charge in [0, 0.05) is 49.7 Å². The third-order valence-electron chi connectivity index (χ3n) is 6.15. The number of aryl methyl sites for hydroxylation is 1. The Morgan fingerprint density at radius 3 is 2.78 bits per heavy atom. The Hall–Kier alpha value is -3.67. The van der Waals surface area contributed by atoms with E-state index in [4.69, 9.17) is 0 Å². The van der Waals surface area contributed by atoms with E-state index in [0.29, 0.717) is 37.4 Å². The van der Waals surface area contributed by atoms with Gasteiger partial charge in [-0.05, 0) is 51.5 Å². The van der Waals surface area contributed by atoms with E-state index in [2.05, 4.69) is 34.9 Å². The number of rotatable bonds is 6. The first-order valence-corrected chi connectivity index (χ1v) is 13.6. The summed E-state index contributed by atoms with van der Waals surface area (Å²) in [5, 5.41) is 6.92. The van der Waals surface area contributed by atoms with Crippen LogP contribution < -0.4 is 15.5 Å². The predicted molar refractivity (Wildman–Crippen MR) is 142 cm³/mol. The highest BCUT2D eigenvalue weighted by atomic mass is 32.2. The molecule has 36 heavy (non-hydrogen) atoms. The van der Waals surface area contributed by atoms with Crippen LogP contribution in [0.5, 0.6) is 0 Å². The summed E-state index contributed by atoms with van der Waals surface area (Å²) < 4.78 is 29.1. The number of H-pyrrole nitrogens is 1. The summed E-state index contributed by atoms with van der Waals surface area (Å²) in [7, 11) is -3.67. The molecule has 0 unspecified atom stereocenters. The number of aromatic nitrogens is 3. The van der Waals surface area contributed by atoms with Gasteiger partial charge in [0.15, 0.2) is 0 Å². The Morgan fingerprint density at radius 2 is 2.06 bits per heavy atom. The van der Waals surface area contributed by atoms with Gasteiger partial charge >= 0.3 is 0 Å². The van der Waals surface area contributed by atoms with Crippen LogP contribution in [0, 0.1) is 6.92 Å². The number of anilines is 2. The van der Waals surface area contributed by atoms with E-state index < -0.39 is 10.0 Å². The number of benzene rings is 1. The molecule has 11 nitrogen and oxygen atoms in total. The second-order valence-electron chi connectivity index (χ2n) is 8.73. The van der Waals surface area contributed by atoms with Crippen LogP contribution in [0.25, 0.3) is 11.0 Å². The number of hydrogen-bond donors (Lipinski definition) is 3. The lowest BCUT2D eigenvalue weighted by molar-refractivity contribution is 0.0956. The zero-order chi connectivity index (χ0) is 25.9. The van der Waals surface area contributed by atoms with Crippen molar-refractivity contribution in [1.82, 2.24) is 25.2 Å². The van der Waals surface area contributed by atoms with Gasteiger partial charge in [-0.2, -0.15) is 0 Å². The quantitative estimate of drug-likeness (QED) is 0.338. The highest BCUT2D eigenvalue weighted by Gasteiger charge is 2.29. The number of amides is 1. The van der Waals surface area contributed by atoms with Crippen molar-refractivity contribution < 1.29 is 13.2 Å². The lowest BCUT2D eigenvalue weighted by atomic mass is 10.1. The molecule has 4 rings (SSSR count). The molecule has 1 fully saturated rings. The Kier molecular flexibility index (Phi) is 7.43. The smallest absolute Gasteiger partial charge is 0.256 e. The Balaban J connectivity index is 1.60. The van der Waals surface area contributed by atoms with Crippen molar-refractivity contribution in [2.45, 2.75) is 33.7 Å². The molecule has 12 heteroatoms.